The van der Waals surface area contributed by atoms with Crippen LogP contribution in [0, 0.1) is 0 Å². The predicted octanol–water partition coefficient (Wildman–Crippen LogP) is 5.99. The summed E-state index contributed by atoms with van der Waals surface area (Å²) in [4.78, 5) is 10.3. The minimum atomic E-state index is -0.716. The van der Waals surface area contributed by atoms with Crippen LogP contribution < -0.4 is 0 Å². The van der Waals surface area contributed by atoms with Gasteiger partial charge in [-0.1, -0.05) is 67.7 Å². The van der Waals surface area contributed by atoms with Crippen LogP contribution in [0.25, 0.3) is 0 Å². The van der Waals surface area contributed by atoms with Gasteiger partial charge in [-0.25, -0.2) is 0 Å². The molecule has 2 nitrogen and oxygen atoms in total. The Morgan fingerprint density at radius 2 is 1.36 bits per heavy atom. The first-order chi connectivity index (χ1) is 10.8. The Morgan fingerprint density at radius 1 is 0.773 bits per heavy atom. The number of allylic oxidation sites excluding steroid dienone is 10. The number of hydrogen-bond donors (Lipinski definition) is 1. The summed E-state index contributed by atoms with van der Waals surface area (Å²) in [5.41, 5.74) is 0. The molecule has 0 aromatic rings. The van der Waals surface area contributed by atoms with E-state index in [2.05, 4.69) is 67.7 Å². The van der Waals surface area contributed by atoms with Crippen molar-refractivity contribution in [3.63, 3.8) is 0 Å². The van der Waals surface area contributed by atoms with Gasteiger partial charge in [-0.05, 0) is 44.9 Å². The van der Waals surface area contributed by atoms with Crippen LogP contribution in [0.15, 0.2) is 60.8 Å². The molecule has 0 aromatic carbocycles. The standard InChI is InChI=1S/C20H30O2/c1-2-3-4-5-6-7-8-9-10-11-12-13-14-15-16-17-18-19-20(21)22/h3-4,7-10,12-13,15-16H,2,5-6,11,14,17-19H2,1H3,(H,21,22)/b4-3-,8-7+,10-9-,13-12-,16-15-. The van der Waals surface area contributed by atoms with Gasteiger partial charge in [-0.3, -0.25) is 4.79 Å². The van der Waals surface area contributed by atoms with E-state index in [1.165, 1.54) is 0 Å². The zero-order valence-corrected chi connectivity index (χ0v) is 13.8. The fourth-order valence-corrected chi connectivity index (χ4v) is 1.74. The Labute approximate surface area is 135 Å². The maximum atomic E-state index is 10.3. The smallest absolute Gasteiger partial charge is 0.303 e. The van der Waals surface area contributed by atoms with Crippen LogP contribution in [0.2, 0.25) is 0 Å². The van der Waals surface area contributed by atoms with Gasteiger partial charge >= 0.3 is 5.97 Å². The third-order valence-corrected chi connectivity index (χ3v) is 2.92. The minimum absolute atomic E-state index is 0.257. The van der Waals surface area contributed by atoms with E-state index >= 15 is 0 Å². The van der Waals surface area contributed by atoms with E-state index in [1.807, 2.05) is 0 Å². The molecule has 0 heterocycles. The lowest BCUT2D eigenvalue weighted by Crippen LogP contribution is -1.92. The van der Waals surface area contributed by atoms with Gasteiger partial charge in [0.25, 0.3) is 0 Å². The lowest BCUT2D eigenvalue weighted by Gasteiger charge is -1.89. The molecule has 0 saturated carbocycles. The monoisotopic (exact) mass is 302 g/mol. The van der Waals surface area contributed by atoms with Crippen molar-refractivity contribution in [3.05, 3.63) is 60.8 Å². The van der Waals surface area contributed by atoms with Crippen LogP contribution in [-0.4, -0.2) is 11.1 Å². The maximum Gasteiger partial charge on any atom is 0.303 e. The molecule has 1 N–H and O–H groups in total. The molecule has 0 saturated heterocycles. The highest BCUT2D eigenvalue weighted by atomic mass is 16.4. The second kappa shape index (κ2) is 17.2. The third-order valence-electron chi connectivity index (χ3n) is 2.92. The number of carboxylic acids is 1. The average Bonchev–Trinajstić information content (AvgIpc) is 2.50. The molecule has 22 heavy (non-hydrogen) atoms. The number of hydrogen-bond acceptors (Lipinski definition) is 1. The van der Waals surface area contributed by atoms with Crippen molar-refractivity contribution in [3.8, 4) is 0 Å². The molecule has 0 radical (unpaired) electrons. The highest BCUT2D eigenvalue weighted by Crippen LogP contribution is 1.99. The maximum absolute atomic E-state index is 10.3. The van der Waals surface area contributed by atoms with E-state index in [9.17, 15) is 4.79 Å². The summed E-state index contributed by atoms with van der Waals surface area (Å²) in [7, 11) is 0. The van der Waals surface area contributed by atoms with E-state index in [0.717, 1.165) is 44.9 Å². The first-order valence-electron chi connectivity index (χ1n) is 8.25. The summed E-state index contributed by atoms with van der Waals surface area (Å²) >= 11 is 0. The van der Waals surface area contributed by atoms with Crippen LogP contribution in [-0.2, 0) is 4.79 Å². The van der Waals surface area contributed by atoms with E-state index in [0.29, 0.717) is 0 Å². The van der Waals surface area contributed by atoms with Crippen molar-refractivity contribution >= 4 is 5.97 Å². The average molecular weight is 302 g/mol. The van der Waals surface area contributed by atoms with Crippen LogP contribution in [0.5, 0.6) is 0 Å². The van der Waals surface area contributed by atoms with E-state index in [4.69, 9.17) is 5.11 Å². The molecule has 122 valence electrons. The molecule has 0 unspecified atom stereocenters. The summed E-state index contributed by atoms with van der Waals surface area (Å²) in [5, 5.41) is 8.49. The van der Waals surface area contributed by atoms with Gasteiger partial charge in [0.2, 0.25) is 0 Å². The first kappa shape index (κ1) is 20.2. The molecule has 0 aliphatic heterocycles. The van der Waals surface area contributed by atoms with Crippen molar-refractivity contribution in [2.24, 2.45) is 0 Å². The molecule has 2 heteroatoms. The molecule has 0 atom stereocenters. The van der Waals surface area contributed by atoms with Crippen LogP contribution in [0.3, 0.4) is 0 Å². The van der Waals surface area contributed by atoms with Crippen LogP contribution in [0.4, 0.5) is 0 Å². The second-order valence-corrected chi connectivity index (χ2v) is 5.01. The Balaban J connectivity index is 3.47. The zero-order valence-electron chi connectivity index (χ0n) is 13.8. The van der Waals surface area contributed by atoms with Gasteiger partial charge in [0.15, 0.2) is 0 Å². The summed E-state index contributed by atoms with van der Waals surface area (Å²) in [5.74, 6) is -0.716. The fraction of sp³-hybridized carbons (Fsp3) is 0.450. The fourth-order valence-electron chi connectivity index (χ4n) is 1.74. The molecule has 0 aromatic heterocycles. The summed E-state index contributed by atoms with van der Waals surface area (Å²) in [6.45, 7) is 2.15. The quantitative estimate of drug-likeness (QED) is 0.258. The van der Waals surface area contributed by atoms with Gasteiger partial charge in [-0.2, -0.15) is 0 Å². The van der Waals surface area contributed by atoms with E-state index in [1.54, 1.807) is 0 Å². The minimum Gasteiger partial charge on any atom is -0.481 e. The van der Waals surface area contributed by atoms with E-state index in [-0.39, 0.29) is 6.42 Å². The second-order valence-electron chi connectivity index (χ2n) is 5.01. The van der Waals surface area contributed by atoms with Gasteiger partial charge in [0, 0.05) is 6.42 Å². The summed E-state index contributed by atoms with van der Waals surface area (Å²) < 4.78 is 0. The molecular formula is C20H30O2. The molecule has 0 aliphatic carbocycles. The molecule has 0 amide bonds. The van der Waals surface area contributed by atoms with E-state index < -0.39 is 5.97 Å². The Morgan fingerprint density at radius 3 is 2.09 bits per heavy atom. The third kappa shape index (κ3) is 18.2. The Bertz CT molecular complexity index is 398. The highest BCUT2D eigenvalue weighted by Gasteiger charge is 1.92. The topological polar surface area (TPSA) is 37.3 Å². The molecular weight excluding hydrogens is 272 g/mol. The SMILES string of the molecule is CC/C=C\CC/C=C/C=C\C/C=C\C/C=C\CCCC(=O)O. The number of carbonyl (C=O) groups is 1. The normalized spacial score (nSPS) is 12.8. The summed E-state index contributed by atoms with van der Waals surface area (Å²) in [6, 6.07) is 0. The number of carboxylic acid groups (broad SMARTS) is 1. The van der Waals surface area contributed by atoms with Crippen molar-refractivity contribution < 1.29 is 9.90 Å². The lowest BCUT2D eigenvalue weighted by molar-refractivity contribution is -0.137. The van der Waals surface area contributed by atoms with Crippen LogP contribution in [0.1, 0.15) is 58.3 Å². The van der Waals surface area contributed by atoms with Crippen molar-refractivity contribution in [1.82, 2.24) is 0 Å². The molecule has 0 bridgehead atoms. The number of rotatable bonds is 13. The molecule has 0 fully saturated rings. The number of aliphatic carboxylic acids is 1. The van der Waals surface area contributed by atoms with Gasteiger partial charge in [0.1, 0.15) is 0 Å². The first-order valence-corrected chi connectivity index (χ1v) is 8.25. The van der Waals surface area contributed by atoms with Gasteiger partial charge in [0.05, 0.1) is 0 Å². The highest BCUT2D eigenvalue weighted by molar-refractivity contribution is 5.66. The van der Waals surface area contributed by atoms with Gasteiger partial charge < -0.3 is 5.11 Å². The van der Waals surface area contributed by atoms with Gasteiger partial charge in [-0.15, -0.1) is 0 Å². The largest absolute Gasteiger partial charge is 0.481 e. The van der Waals surface area contributed by atoms with Crippen LogP contribution >= 0.6 is 0 Å². The molecule has 0 rings (SSSR count). The molecule has 0 aliphatic rings. The summed E-state index contributed by atoms with van der Waals surface area (Å²) in [6.07, 6.45) is 28.4. The lowest BCUT2D eigenvalue weighted by atomic mass is 10.2. The van der Waals surface area contributed by atoms with Crippen molar-refractivity contribution in [2.45, 2.75) is 58.3 Å². The molecule has 0 spiro atoms. The number of unbranched alkanes of at least 4 members (excludes halogenated alkanes) is 2. The van der Waals surface area contributed by atoms with Crippen molar-refractivity contribution in [1.29, 1.82) is 0 Å². The Kier molecular flexibility index (Phi) is 15.8. The Hall–Kier alpha value is -1.83. The van der Waals surface area contributed by atoms with Crippen molar-refractivity contribution in [2.75, 3.05) is 0 Å². The predicted molar refractivity (Wildman–Crippen MR) is 95.9 cm³/mol. The zero-order chi connectivity index (χ0) is 16.3.